The number of hydrogen-bond donors (Lipinski definition) is 0. The molecule has 0 N–H and O–H groups in total. The maximum Gasteiger partial charge on any atom is 0.181 e. The van der Waals surface area contributed by atoms with Crippen molar-refractivity contribution in [1.82, 2.24) is 0 Å². The molecule has 1 aromatic heterocycles. The zero-order valence-electron chi connectivity index (χ0n) is 15.5. The lowest BCUT2D eigenvalue weighted by Gasteiger charge is -2.11. The molecule has 0 aliphatic rings. The van der Waals surface area contributed by atoms with Crippen molar-refractivity contribution in [3.63, 3.8) is 0 Å². The molecule has 0 saturated carbocycles. The molecule has 2 heteroatoms. The number of thiophene rings is 1. The van der Waals surface area contributed by atoms with Crippen LogP contribution in [0.4, 0.5) is 0 Å². The van der Waals surface area contributed by atoms with Crippen molar-refractivity contribution in [3.05, 3.63) is 119 Å². The number of benzene rings is 4. The van der Waals surface area contributed by atoms with E-state index >= 15 is 0 Å². The molecule has 1 unspecified atom stereocenters. The molecule has 0 radical (unpaired) electrons. The fourth-order valence-corrected chi connectivity index (χ4v) is 5.40. The van der Waals surface area contributed by atoms with Gasteiger partial charge in [-0.05, 0) is 64.0 Å². The van der Waals surface area contributed by atoms with Crippen molar-refractivity contribution in [1.29, 1.82) is 0 Å². The van der Waals surface area contributed by atoms with Crippen LogP contribution in [0.2, 0.25) is 0 Å². The SMILES string of the molecule is [O-][s+]1c2ccccc2c2cc(Cc3ccccc3)c(Cc3ccccc3)cc21. The van der Waals surface area contributed by atoms with Crippen molar-refractivity contribution in [3.8, 4) is 0 Å². The molecule has 28 heavy (non-hydrogen) atoms. The first kappa shape index (κ1) is 17.2. The van der Waals surface area contributed by atoms with Crippen molar-refractivity contribution >= 4 is 30.9 Å². The summed E-state index contributed by atoms with van der Waals surface area (Å²) in [5.41, 5.74) is 5.14. The lowest BCUT2D eigenvalue weighted by Crippen LogP contribution is -1.97. The first-order valence-electron chi connectivity index (χ1n) is 9.54. The Labute approximate surface area is 167 Å². The lowest BCUT2D eigenvalue weighted by molar-refractivity contribution is 0.602. The maximum atomic E-state index is 13.1. The Morgan fingerprint density at radius 3 is 1.71 bits per heavy atom. The predicted octanol–water partition coefficient (Wildman–Crippen LogP) is 6.90. The third kappa shape index (κ3) is 3.11. The molecule has 136 valence electrons. The Hall–Kier alpha value is -2.94. The number of hydrogen-bond acceptors (Lipinski definition) is 1. The van der Waals surface area contributed by atoms with Gasteiger partial charge < -0.3 is 4.55 Å². The van der Waals surface area contributed by atoms with Crippen molar-refractivity contribution in [2.24, 2.45) is 0 Å². The first-order chi connectivity index (χ1) is 13.8. The average molecular weight is 381 g/mol. The highest BCUT2D eigenvalue weighted by molar-refractivity contribution is 7.37. The van der Waals surface area contributed by atoms with E-state index in [1.54, 1.807) is 0 Å². The summed E-state index contributed by atoms with van der Waals surface area (Å²) in [7, 11) is -1.10. The first-order valence-corrected chi connectivity index (χ1v) is 10.7. The van der Waals surface area contributed by atoms with Gasteiger partial charge in [-0.1, -0.05) is 72.8 Å². The largest absolute Gasteiger partial charge is 0.590 e. The van der Waals surface area contributed by atoms with E-state index in [2.05, 4.69) is 72.8 Å². The Kier molecular flexibility index (Phi) is 4.44. The predicted molar refractivity (Wildman–Crippen MR) is 119 cm³/mol. The van der Waals surface area contributed by atoms with Gasteiger partial charge in [0, 0.05) is 16.8 Å². The highest BCUT2D eigenvalue weighted by Gasteiger charge is 2.18. The molecule has 1 atom stereocenters. The molecule has 0 aliphatic carbocycles. The molecule has 0 amide bonds. The van der Waals surface area contributed by atoms with Gasteiger partial charge >= 0.3 is 0 Å². The Balaban J connectivity index is 1.71. The third-order valence-corrected chi connectivity index (χ3v) is 6.85. The van der Waals surface area contributed by atoms with E-state index < -0.39 is 10.8 Å². The van der Waals surface area contributed by atoms with Crippen LogP contribution in [0.3, 0.4) is 0 Å². The summed E-state index contributed by atoms with van der Waals surface area (Å²) in [6.45, 7) is 0. The molecule has 0 fully saturated rings. The van der Waals surface area contributed by atoms with Gasteiger partial charge in [0.1, 0.15) is 0 Å². The molecule has 0 saturated heterocycles. The zero-order chi connectivity index (χ0) is 18.9. The van der Waals surface area contributed by atoms with Crippen LogP contribution in [-0.2, 0) is 12.8 Å². The molecular formula is C26H20OS. The van der Waals surface area contributed by atoms with E-state index in [-0.39, 0.29) is 0 Å². The van der Waals surface area contributed by atoms with E-state index in [9.17, 15) is 4.55 Å². The van der Waals surface area contributed by atoms with E-state index in [1.807, 2.05) is 24.3 Å². The molecular weight excluding hydrogens is 360 g/mol. The second kappa shape index (κ2) is 7.23. The molecule has 1 nitrogen and oxygen atoms in total. The van der Waals surface area contributed by atoms with Gasteiger partial charge in [-0.3, -0.25) is 0 Å². The summed E-state index contributed by atoms with van der Waals surface area (Å²) >= 11 is 0. The van der Waals surface area contributed by atoms with Gasteiger partial charge in [-0.15, -0.1) is 0 Å². The summed E-state index contributed by atoms with van der Waals surface area (Å²) in [5.74, 6) is 0. The van der Waals surface area contributed by atoms with Gasteiger partial charge in [0.05, 0.1) is 0 Å². The number of rotatable bonds is 4. The lowest BCUT2D eigenvalue weighted by atomic mass is 9.93. The Morgan fingerprint density at radius 2 is 1.07 bits per heavy atom. The molecule has 4 aromatic carbocycles. The number of fused-ring (bicyclic) bond motifs is 3. The van der Waals surface area contributed by atoms with Gasteiger partial charge in [-0.2, -0.15) is 0 Å². The molecule has 5 rings (SSSR count). The van der Waals surface area contributed by atoms with E-state index in [1.165, 1.54) is 22.3 Å². The van der Waals surface area contributed by atoms with E-state index in [0.29, 0.717) is 0 Å². The summed E-state index contributed by atoms with van der Waals surface area (Å²) in [5, 5.41) is 2.23. The average Bonchev–Trinajstić information content (AvgIpc) is 3.02. The quantitative estimate of drug-likeness (QED) is 0.311. The second-order valence-corrected chi connectivity index (χ2v) is 8.62. The highest BCUT2D eigenvalue weighted by atomic mass is 32.2. The Morgan fingerprint density at radius 1 is 0.536 bits per heavy atom. The van der Waals surface area contributed by atoms with Crippen LogP contribution >= 0.6 is 10.8 Å². The van der Waals surface area contributed by atoms with Gasteiger partial charge in [-0.25, -0.2) is 0 Å². The van der Waals surface area contributed by atoms with Crippen LogP contribution < -0.4 is 0 Å². The summed E-state index contributed by atoms with van der Waals surface area (Å²) in [6, 6.07) is 33.6. The van der Waals surface area contributed by atoms with Crippen LogP contribution in [0, 0.1) is 0 Å². The van der Waals surface area contributed by atoms with E-state index in [0.717, 1.165) is 33.0 Å². The van der Waals surface area contributed by atoms with Crippen LogP contribution in [0.1, 0.15) is 22.3 Å². The molecule has 0 spiro atoms. The minimum Gasteiger partial charge on any atom is -0.590 e. The minimum atomic E-state index is -1.10. The topological polar surface area (TPSA) is 23.1 Å². The van der Waals surface area contributed by atoms with Crippen LogP contribution in [0.15, 0.2) is 97.1 Å². The van der Waals surface area contributed by atoms with Gasteiger partial charge in [0.15, 0.2) is 9.40 Å². The van der Waals surface area contributed by atoms with Crippen LogP contribution in [0.5, 0.6) is 0 Å². The standard InChI is InChI=1S/C26H20OS/c27-28-25-14-8-7-13-23(25)24-17-21(15-19-9-3-1-4-10-19)22(18-26(24)28)16-20-11-5-2-6-12-20/h1-14,17-18H,15-16H2. The van der Waals surface area contributed by atoms with Gasteiger partial charge in [0.25, 0.3) is 0 Å². The van der Waals surface area contributed by atoms with Crippen molar-refractivity contribution in [2.75, 3.05) is 0 Å². The minimum absolute atomic E-state index is 0.851. The Bertz CT molecular complexity index is 1250. The zero-order valence-corrected chi connectivity index (χ0v) is 16.3. The fraction of sp³-hybridized carbons (Fsp3) is 0.0769. The summed E-state index contributed by atoms with van der Waals surface area (Å²) in [4.78, 5) is 0. The fourth-order valence-electron chi connectivity index (χ4n) is 3.96. The molecule has 5 aromatic rings. The summed E-state index contributed by atoms with van der Waals surface area (Å²) in [6.07, 6.45) is 1.73. The normalized spacial score (nSPS) is 12.0. The summed E-state index contributed by atoms with van der Waals surface area (Å²) < 4.78 is 15.0. The third-order valence-electron chi connectivity index (χ3n) is 5.35. The van der Waals surface area contributed by atoms with Crippen LogP contribution in [-0.4, -0.2) is 4.55 Å². The molecule has 1 heterocycles. The van der Waals surface area contributed by atoms with E-state index in [4.69, 9.17) is 0 Å². The van der Waals surface area contributed by atoms with Crippen molar-refractivity contribution in [2.45, 2.75) is 12.8 Å². The van der Waals surface area contributed by atoms with Gasteiger partial charge in [0.2, 0.25) is 0 Å². The second-order valence-electron chi connectivity index (χ2n) is 7.21. The monoisotopic (exact) mass is 380 g/mol. The highest BCUT2D eigenvalue weighted by Crippen LogP contribution is 2.42. The smallest absolute Gasteiger partial charge is 0.181 e. The molecule has 0 bridgehead atoms. The van der Waals surface area contributed by atoms with Crippen molar-refractivity contribution < 1.29 is 4.55 Å². The maximum absolute atomic E-state index is 13.1. The van der Waals surface area contributed by atoms with Crippen LogP contribution in [0.25, 0.3) is 20.2 Å². The molecule has 0 aliphatic heterocycles.